The van der Waals surface area contributed by atoms with E-state index in [9.17, 15) is 28.7 Å². The van der Waals surface area contributed by atoms with Gasteiger partial charge in [-0.1, -0.05) is 48.5 Å². The van der Waals surface area contributed by atoms with Gasteiger partial charge in [0.15, 0.2) is 5.16 Å². The van der Waals surface area contributed by atoms with Crippen LogP contribution in [-0.4, -0.2) is 37.8 Å². The van der Waals surface area contributed by atoms with Gasteiger partial charge >= 0.3 is 13.6 Å². The first-order valence-corrected chi connectivity index (χ1v) is 9.60. The second-order valence-corrected chi connectivity index (χ2v) is 8.10. The molecule has 0 radical (unpaired) electrons. The molecule has 1 saturated heterocycles. The van der Waals surface area contributed by atoms with Gasteiger partial charge in [0.2, 0.25) is 0 Å². The summed E-state index contributed by atoms with van der Waals surface area (Å²) in [5, 5.41) is -2.14. The average molecular weight is 389 g/mol. The van der Waals surface area contributed by atoms with E-state index in [4.69, 9.17) is 4.84 Å². The second kappa shape index (κ2) is 7.08. The minimum absolute atomic E-state index is 0.0924. The van der Waals surface area contributed by atoms with Gasteiger partial charge in [0.1, 0.15) is 0 Å². The van der Waals surface area contributed by atoms with Crippen LogP contribution in [0.3, 0.4) is 0 Å². The highest BCUT2D eigenvalue weighted by Crippen LogP contribution is 2.57. The molecular formula is C18H16NO7P. The van der Waals surface area contributed by atoms with E-state index in [-0.39, 0.29) is 17.0 Å². The Balaban J connectivity index is 1.91. The first kappa shape index (κ1) is 19.0. The molecule has 0 aromatic heterocycles. The quantitative estimate of drug-likeness (QED) is 0.589. The number of rotatable bonds is 5. The first-order valence-electron chi connectivity index (χ1n) is 7.99. The number of hydroxylamine groups is 2. The summed E-state index contributed by atoms with van der Waals surface area (Å²) in [5.74, 6) is -3.18. The lowest BCUT2D eigenvalue weighted by Crippen LogP contribution is -2.42. The van der Waals surface area contributed by atoms with E-state index in [2.05, 4.69) is 0 Å². The lowest BCUT2D eigenvalue weighted by Gasteiger charge is -2.27. The molecule has 0 saturated carbocycles. The summed E-state index contributed by atoms with van der Waals surface area (Å²) in [6.45, 7) is 0. The maximum atomic E-state index is 12.8. The van der Waals surface area contributed by atoms with Crippen LogP contribution in [0.5, 0.6) is 0 Å². The normalized spacial score (nSPS) is 20.0. The molecule has 140 valence electrons. The zero-order valence-corrected chi connectivity index (χ0v) is 14.9. The Morgan fingerprint density at radius 2 is 1.59 bits per heavy atom. The van der Waals surface area contributed by atoms with Crippen molar-refractivity contribution < 1.29 is 33.6 Å². The van der Waals surface area contributed by atoms with Crippen LogP contribution in [0, 0.1) is 0 Å². The lowest BCUT2D eigenvalue weighted by atomic mass is 9.97. The zero-order valence-electron chi connectivity index (χ0n) is 14.0. The molecule has 9 heteroatoms. The predicted molar refractivity (Wildman–Crippen MR) is 93.2 cm³/mol. The van der Waals surface area contributed by atoms with E-state index in [0.717, 1.165) is 0 Å². The Morgan fingerprint density at radius 3 is 2.15 bits per heavy atom. The van der Waals surface area contributed by atoms with Gasteiger partial charge in [-0.3, -0.25) is 14.2 Å². The summed E-state index contributed by atoms with van der Waals surface area (Å²) in [4.78, 5) is 61.8. The molecule has 2 N–H and O–H groups in total. The Labute approximate surface area is 154 Å². The molecular weight excluding hydrogens is 373 g/mol. The van der Waals surface area contributed by atoms with Crippen molar-refractivity contribution in [2.24, 2.45) is 0 Å². The van der Waals surface area contributed by atoms with Crippen molar-refractivity contribution in [1.82, 2.24) is 5.06 Å². The van der Waals surface area contributed by atoms with Crippen molar-refractivity contribution in [3.05, 3.63) is 71.8 Å². The molecule has 1 heterocycles. The van der Waals surface area contributed by atoms with Gasteiger partial charge in [-0.15, -0.1) is 5.06 Å². The smallest absolute Gasteiger partial charge is 0.325 e. The van der Waals surface area contributed by atoms with Crippen molar-refractivity contribution >= 4 is 25.4 Å². The molecule has 0 aliphatic carbocycles. The fourth-order valence-electron chi connectivity index (χ4n) is 2.90. The monoisotopic (exact) mass is 389 g/mol. The summed E-state index contributed by atoms with van der Waals surface area (Å²) in [5.41, 5.74) is 0.563. The van der Waals surface area contributed by atoms with Crippen molar-refractivity contribution in [2.45, 2.75) is 18.0 Å². The minimum Gasteiger partial charge on any atom is -0.325 e. The number of hydrogen-bond donors (Lipinski definition) is 2. The summed E-state index contributed by atoms with van der Waals surface area (Å²) in [6, 6.07) is 15.8. The van der Waals surface area contributed by atoms with Crippen molar-refractivity contribution in [3.8, 4) is 0 Å². The van der Waals surface area contributed by atoms with Crippen LogP contribution in [0.1, 0.15) is 22.3 Å². The molecule has 1 unspecified atom stereocenters. The molecule has 0 bridgehead atoms. The van der Waals surface area contributed by atoms with E-state index in [1.54, 1.807) is 48.5 Å². The fraction of sp³-hybridized carbons (Fsp3) is 0.167. The van der Waals surface area contributed by atoms with Crippen LogP contribution in [0.15, 0.2) is 60.7 Å². The molecule has 3 rings (SSSR count). The molecule has 8 nitrogen and oxygen atoms in total. The highest BCUT2D eigenvalue weighted by molar-refractivity contribution is 7.55. The zero-order chi connectivity index (χ0) is 19.7. The topological polar surface area (TPSA) is 121 Å². The molecule has 1 fully saturated rings. The molecule has 1 aliphatic rings. The van der Waals surface area contributed by atoms with Crippen LogP contribution >= 0.6 is 7.60 Å². The number of benzene rings is 2. The van der Waals surface area contributed by atoms with Crippen molar-refractivity contribution in [3.63, 3.8) is 0 Å². The second-order valence-electron chi connectivity index (χ2n) is 6.15. The molecule has 0 spiro atoms. The summed E-state index contributed by atoms with van der Waals surface area (Å²) in [6.07, 6.45) is -1.12. The first-order chi connectivity index (χ1) is 12.7. The molecule has 2 amide bonds. The number of amides is 2. The van der Waals surface area contributed by atoms with Crippen molar-refractivity contribution in [2.75, 3.05) is 0 Å². The van der Waals surface area contributed by atoms with Gasteiger partial charge in [0.05, 0.1) is 12.0 Å². The lowest BCUT2D eigenvalue weighted by molar-refractivity contribution is -0.173. The van der Waals surface area contributed by atoms with E-state index in [0.29, 0.717) is 5.56 Å². The van der Waals surface area contributed by atoms with Gasteiger partial charge in [-0.25, -0.2) is 4.79 Å². The molecule has 1 atom stereocenters. The van der Waals surface area contributed by atoms with Gasteiger partial charge in [0.25, 0.3) is 11.8 Å². The SMILES string of the molecule is O=C(ON1C(=O)CC(Cc2ccccc2)(P(=O)(O)O)C1=O)c1ccccc1. The van der Waals surface area contributed by atoms with E-state index >= 15 is 0 Å². The van der Waals surface area contributed by atoms with Crippen LogP contribution in [0.2, 0.25) is 0 Å². The standard InChI is InChI=1S/C18H16NO7P/c20-15-12-18(27(23,24)25,11-13-7-3-1-4-8-13)17(22)19(15)26-16(21)14-9-5-2-6-10-14/h1-10H,11-12H2,(H2,23,24,25). The molecule has 2 aromatic rings. The number of nitrogens with zero attached hydrogens (tertiary/aromatic N) is 1. The third-order valence-electron chi connectivity index (χ3n) is 4.33. The number of carbonyl (C=O) groups is 3. The largest absolute Gasteiger partial charge is 0.363 e. The number of carbonyl (C=O) groups excluding carboxylic acids is 3. The maximum Gasteiger partial charge on any atom is 0.363 e. The Morgan fingerprint density at radius 1 is 1.04 bits per heavy atom. The molecule has 2 aromatic carbocycles. The summed E-state index contributed by atoms with van der Waals surface area (Å²) >= 11 is 0. The highest BCUT2D eigenvalue weighted by atomic mass is 31.2. The number of imide groups is 1. The summed E-state index contributed by atoms with van der Waals surface area (Å²) < 4.78 is 12.2. The maximum absolute atomic E-state index is 12.8. The number of hydrogen-bond acceptors (Lipinski definition) is 5. The third kappa shape index (κ3) is 3.55. The predicted octanol–water partition coefficient (Wildman–Crippen LogP) is 1.68. The van der Waals surface area contributed by atoms with E-state index < -0.39 is 37.0 Å². The molecule has 27 heavy (non-hydrogen) atoms. The van der Waals surface area contributed by atoms with Gasteiger partial charge in [-0.2, -0.15) is 0 Å². The van der Waals surface area contributed by atoms with Gasteiger partial charge in [-0.05, 0) is 24.1 Å². The Hall–Kier alpha value is -2.80. The van der Waals surface area contributed by atoms with Gasteiger partial charge in [0, 0.05) is 0 Å². The van der Waals surface area contributed by atoms with Crippen LogP contribution in [0.4, 0.5) is 0 Å². The van der Waals surface area contributed by atoms with Crippen LogP contribution in [0.25, 0.3) is 0 Å². The Bertz CT molecular complexity index is 925. The highest BCUT2D eigenvalue weighted by Gasteiger charge is 2.63. The van der Waals surface area contributed by atoms with E-state index in [1.807, 2.05) is 0 Å². The fourth-order valence-corrected chi connectivity index (χ4v) is 3.97. The minimum atomic E-state index is -5.06. The average Bonchev–Trinajstić information content (AvgIpc) is 2.88. The van der Waals surface area contributed by atoms with Gasteiger partial charge < -0.3 is 14.6 Å². The van der Waals surface area contributed by atoms with E-state index in [1.165, 1.54) is 12.1 Å². The summed E-state index contributed by atoms with van der Waals surface area (Å²) in [7, 11) is -5.06. The van der Waals surface area contributed by atoms with Crippen molar-refractivity contribution in [1.29, 1.82) is 0 Å². The van der Waals surface area contributed by atoms with Crippen LogP contribution in [-0.2, 0) is 25.4 Å². The molecule has 1 aliphatic heterocycles. The third-order valence-corrected chi connectivity index (χ3v) is 5.96. The van der Waals surface area contributed by atoms with Crippen LogP contribution < -0.4 is 0 Å². The Kier molecular flexibility index (Phi) is 4.97.